The fraction of sp³-hybridized carbons (Fsp3) is 0.182. The molecule has 0 bridgehead atoms. The predicted octanol–water partition coefficient (Wildman–Crippen LogP) is 1.76. The van der Waals surface area contributed by atoms with E-state index in [0.29, 0.717) is 10.6 Å². The van der Waals surface area contributed by atoms with E-state index in [1.165, 1.54) is 23.3 Å². The summed E-state index contributed by atoms with van der Waals surface area (Å²) in [6, 6.07) is 5.70. The van der Waals surface area contributed by atoms with Gasteiger partial charge in [-0.3, -0.25) is 4.79 Å². The zero-order chi connectivity index (χ0) is 11.7. The van der Waals surface area contributed by atoms with Crippen molar-refractivity contribution in [1.29, 1.82) is 0 Å². The highest BCUT2D eigenvalue weighted by molar-refractivity contribution is 7.10. The van der Waals surface area contributed by atoms with Crippen LogP contribution in [0.15, 0.2) is 24.4 Å². The second-order valence-electron chi connectivity index (χ2n) is 3.78. The molecule has 0 aliphatic carbocycles. The molecule has 2 aromatic rings. The van der Waals surface area contributed by atoms with Gasteiger partial charge in [-0.1, -0.05) is 4.49 Å². The van der Waals surface area contributed by atoms with Crippen LogP contribution in [0, 0.1) is 0 Å². The van der Waals surface area contributed by atoms with Crippen LogP contribution in [0.1, 0.15) is 15.9 Å². The number of hydrogen-bond acceptors (Lipinski definition) is 5. The molecule has 0 unspecified atom stereocenters. The van der Waals surface area contributed by atoms with Crippen LogP contribution in [-0.2, 0) is 6.42 Å². The average molecular weight is 246 g/mol. The monoisotopic (exact) mass is 246 g/mol. The third-order valence-electron chi connectivity index (χ3n) is 2.68. The largest absolute Gasteiger partial charge is 0.384 e. The smallest absolute Gasteiger partial charge is 0.256 e. The Hall–Kier alpha value is -1.95. The SMILES string of the molecule is O=C(Nc1cnns1)c1ccc2c(c1)CCN2. The average Bonchev–Trinajstić information content (AvgIpc) is 2.97. The molecule has 1 aromatic heterocycles. The lowest BCUT2D eigenvalue weighted by molar-refractivity contribution is 0.102. The maximum atomic E-state index is 11.9. The number of nitrogens with one attached hydrogen (secondary N) is 2. The number of aromatic nitrogens is 2. The summed E-state index contributed by atoms with van der Waals surface area (Å²) < 4.78 is 3.69. The predicted molar refractivity (Wildman–Crippen MR) is 66.5 cm³/mol. The lowest BCUT2D eigenvalue weighted by Gasteiger charge is -2.04. The number of carbonyl (C=O) groups is 1. The van der Waals surface area contributed by atoms with Gasteiger partial charge in [-0.05, 0) is 30.2 Å². The van der Waals surface area contributed by atoms with Crippen LogP contribution >= 0.6 is 11.5 Å². The van der Waals surface area contributed by atoms with Gasteiger partial charge in [0.05, 0.1) is 6.20 Å². The summed E-state index contributed by atoms with van der Waals surface area (Å²) in [5, 5.41) is 10.4. The van der Waals surface area contributed by atoms with Gasteiger partial charge in [0.2, 0.25) is 0 Å². The molecule has 0 radical (unpaired) electrons. The Kier molecular flexibility index (Phi) is 2.49. The molecule has 3 rings (SSSR count). The van der Waals surface area contributed by atoms with E-state index in [9.17, 15) is 4.79 Å². The highest BCUT2D eigenvalue weighted by atomic mass is 32.1. The molecule has 1 amide bonds. The minimum atomic E-state index is -0.120. The molecule has 17 heavy (non-hydrogen) atoms. The molecule has 1 aliphatic heterocycles. The maximum Gasteiger partial charge on any atom is 0.256 e. The van der Waals surface area contributed by atoms with Gasteiger partial charge in [0.15, 0.2) is 0 Å². The van der Waals surface area contributed by atoms with E-state index in [-0.39, 0.29) is 5.91 Å². The standard InChI is InChI=1S/C11H10N4OS/c16-11(14-10-6-13-15-17-10)8-1-2-9-7(5-8)3-4-12-9/h1-2,5-6,12H,3-4H2,(H,14,16). The van der Waals surface area contributed by atoms with Gasteiger partial charge in [-0.15, -0.1) is 5.10 Å². The highest BCUT2D eigenvalue weighted by Gasteiger charge is 2.13. The fourth-order valence-electron chi connectivity index (χ4n) is 1.85. The van der Waals surface area contributed by atoms with Gasteiger partial charge in [-0.25, -0.2) is 0 Å². The number of carbonyl (C=O) groups excluding carboxylic acids is 1. The van der Waals surface area contributed by atoms with Crippen molar-refractivity contribution in [2.24, 2.45) is 0 Å². The molecule has 0 atom stereocenters. The molecule has 5 nitrogen and oxygen atoms in total. The molecule has 1 aromatic carbocycles. The molecule has 0 fully saturated rings. The number of amides is 1. The molecule has 2 heterocycles. The van der Waals surface area contributed by atoms with E-state index < -0.39 is 0 Å². The first kappa shape index (κ1) is 10.2. The molecular formula is C11H10N4OS. The Balaban J connectivity index is 1.82. The van der Waals surface area contributed by atoms with Crippen LogP contribution < -0.4 is 10.6 Å². The molecule has 0 saturated heterocycles. The summed E-state index contributed by atoms with van der Waals surface area (Å²) in [5.74, 6) is -0.120. The number of rotatable bonds is 2. The van der Waals surface area contributed by atoms with E-state index in [4.69, 9.17) is 0 Å². The van der Waals surface area contributed by atoms with Gasteiger partial charge in [0.1, 0.15) is 5.00 Å². The van der Waals surface area contributed by atoms with Crippen molar-refractivity contribution in [3.05, 3.63) is 35.5 Å². The van der Waals surface area contributed by atoms with E-state index in [1.54, 1.807) is 0 Å². The molecule has 0 spiro atoms. The molecular weight excluding hydrogens is 236 g/mol. The molecule has 1 aliphatic rings. The molecule has 2 N–H and O–H groups in total. The summed E-state index contributed by atoms with van der Waals surface area (Å²) in [6.45, 7) is 0.944. The summed E-state index contributed by atoms with van der Waals surface area (Å²) in [5.41, 5.74) is 2.99. The molecule has 6 heteroatoms. The van der Waals surface area contributed by atoms with Crippen LogP contribution in [0.2, 0.25) is 0 Å². The normalized spacial score (nSPS) is 12.9. The lowest BCUT2D eigenvalue weighted by Crippen LogP contribution is -2.11. The van der Waals surface area contributed by atoms with Crippen molar-refractivity contribution < 1.29 is 4.79 Å². The Morgan fingerprint density at radius 1 is 1.47 bits per heavy atom. The Morgan fingerprint density at radius 3 is 3.24 bits per heavy atom. The zero-order valence-electron chi connectivity index (χ0n) is 8.93. The quantitative estimate of drug-likeness (QED) is 0.847. The summed E-state index contributed by atoms with van der Waals surface area (Å²) in [6.07, 6.45) is 2.51. The highest BCUT2D eigenvalue weighted by Crippen LogP contribution is 2.23. The number of hydrogen-bond donors (Lipinski definition) is 2. The van der Waals surface area contributed by atoms with Crippen LogP contribution in [0.4, 0.5) is 10.7 Å². The van der Waals surface area contributed by atoms with E-state index in [1.807, 2.05) is 18.2 Å². The third-order valence-corrected chi connectivity index (χ3v) is 3.26. The van der Waals surface area contributed by atoms with Crippen molar-refractivity contribution in [3.8, 4) is 0 Å². The molecule has 0 saturated carbocycles. The number of benzene rings is 1. The van der Waals surface area contributed by atoms with Crippen LogP contribution in [0.3, 0.4) is 0 Å². The molecule has 86 valence electrons. The van der Waals surface area contributed by atoms with Gasteiger partial charge >= 0.3 is 0 Å². The zero-order valence-corrected chi connectivity index (χ0v) is 9.75. The minimum absolute atomic E-state index is 0.120. The van der Waals surface area contributed by atoms with E-state index in [0.717, 1.165) is 18.7 Å². The second kappa shape index (κ2) is 4.14. The van der Waals surface area contributed by atoms with Crippen LogP contribution in [0.5, 0.6) is 0 Å². The Bertz CT molecular complexity index is 553. The van der Waals surface area contributed by atoms with Gasteiger partial charge in [0, 0.05) is 29.3 Å². The summed E-state index contributed by atoms with van der Waals surface area (Å²) in [4.78, 5) is 11.9. The van der Waals surface area contributed by atoms with E-state index >= 15 is 0 Å². The van der Waals surface area contributed by atoms with Crippen LogP contribution in [-0.4, -0.2) is 22.0 Å². The van der Waals surface area contributed by atoms with Crippen molar-refractivity contribution in [2.45, 2.75) is 6.42 Å². The Labute approximate surface area is 102 Å². The van der Waals surface area contributed by atoms with Crippen molar-refractivity contribution in [2.75, 3.05) is 17.2 Å². The van der Waals surface area contributed by atoms with Gasteiger partial charge in [0.25, 0.3) is 5.91 Å². The van der Waals surface area contributed by atoms with Crippen molar-refractivity contribution in [1.82, 2.24) is 9.59 Å². The van der Waals surface area contributed by atoms with E-state index in [2.05, 4.69) is 20.2 Å². The van der Waals surface area contributed by atoms with Crippen molar-refractivity contribution in [3.63, 3.8) is 0 Å². The fourth-order valence-corrected chi connectivity index (χ4v) is 2.27. The first-order valence-corrected chi connectivity index (χ1v) is 6.06. The first-order valence-electron chi connectivity index (χ1n) is 5.28. The number of nitrogens with zero attached hydrogens (tertiary/aromatic N) is 2. The summed E-state index contributed by atoms with van der Waals surface area (Å²) in [7, 11) is 0. The van der Waals surface area contributed by atoms with Gasteiger partial charge < -0.3 is 10.6 Å². The Morgan fingerprint density at radius 2 is 2.41 bits per heavy atom. The minimum Gasteiger partial charge on any atom is -0.384 e. The topological polar surface area (TPSA) is 66.9 Å². The summed E-state index contributed by atoms with van der Waals surface area (Å²) >= 11 is 1.17. The maximum absolute atomic E-state index is 11.9. The third kappa shape index (κ3) is 1.99. The lowest BCUT2D eigenvalue weighted by atomic mass is 10.1. The first-order chi connectivity index (χ1) is 8.33. The van der Waals surface area contributed by atoms with Crippen LogP contribution in [0.25, 0.3) is 0 Å². The van der Waals surface area contributed by atoms with Gasteiger partial charge in [-0.2, -0.15) is 0 Å². The second-order valence-corrected chi connectivity index (χ2v) is 4.57. The number of anilines is 2. The van der Waals surface area contributed by atoms with Crippen molar-refractivity contribution >= 4 is 28.1 Å². The number of fused-ring (bicyclic) bond motifs is 1.